The minimum Gasteiger partial charge on any atom is -0.339 e. The van der Waals surface area contributed by atoms with Crippen molar-refractivity contribution in [3.63, 3.8) is 0 Å². The number of aromatic nitrogens is 2. The first-order valence-corrected chi connectivity index (χ1v) is 7.84. The van der Waals surface area contributed by atoms with E-state index in [2.05, 4.69) is 22.4 Å². The number of nitrogens with zero attached hydrogens (tertiary/aromatic N) is 2. The van der Waals surface area contributed by atoms with Crippen LogP contribution < -0.4 is 5.32 Å². The highest BCUT2D eigenvalue weighted by atomic mass is 16.5. The summed E-state index contributed by atoms with van der Waals surface area (Å²) in [6.45, 7) is 4.65. The van der Waals surface area contributed by atoms with E-state index in [0.29, 0.717) is 5.92 Å². The Bertz CT molecular complexity index is 398. The average molecular weight is 263 g/mol. The standard InChI is InChI=1S/C15H25N3O/c1-11-2-4-13(10-11)15-17-14(19-18-15)5-3-12-6-8-16-9-7-12/h11-13,16H,2-10H2,1H3. The number of aryl methyl sites for hydroxylation is 1. The van der Waals surface area contributed by atoms with Crippen LogP contribution in [0, 0.1) is 11.8 Å². The number of hydrogen-bond acceptors (Lipinski definition) is 4. The second kappa shape index (κ2) is 6.04. The molecule has 1 aliphatic heterocycles. The van der Waals surface area contributed by atoms with E-state index in [4.69, 9.17) is 4.52 Å². The minimum atomic E-state index is 0.548. The Kier molecular flexibility index (Phi) is 4.16. The van der Waals surface area contributed by atoms with Gasteiger partial charge in [-0.05, 0) is 63.5 Å². The van der Waals surface area contributed by atoms with Crippen molar-refractivity contribution in [2.45, 2.75) is 57.8 Å². The van der Waals surface area contributed by atoms with Crippen molar-refractivity contribution in [2.75, 3.05) is 13.1 Å². The van der Waals surface area contributed by atoms with E-state index in [-0.39, 0.29) is 0 Å². The Morgan fingerprint density at radius 1 is 1.21 bits per heavy atom. The van der Waals surface area contributed by atoms with Crippen molar-refractivity contribution >= 4 is 0 Å². The lowest BCUT2D eigenvalue weighted by Gasteiger charge is -2.21. The van der Waals surface area contributed by atoms with Gasteiger partial charge in [-0.25, -0.2) is 0 Å². The van der Waals surface area contributed by atoms with Crippen molar-refractivity contribution < 1.29 is 4.52 Å². The molecule has 4 heteroatoms. The molecule has 0 spiro atoms. The molecule has 4 nitrogen and oxygen atoms in total. The fourth-order valence-corrected chi connectivity index (χ4v) is 3.48. The van der Waals surface area contributed by atoms with Crippen LogP contribution in [0.5, 0.6) is 0 Å². The van der Waals surface area contributed by atoms with Crippen LogP contribution in [0.2, 0.25) is 0 Å². The predicted molar refractivity (Wildman–Crippen MR) is 74.0 cm³/mol. The van der Waals surface area contributed by atoms with Crippen molar-refractivity contribution in [1.29, 1.82) is 0 Å². The molecule has 2 unspecified atom stereocenters. The molecule has 0 aromatic carbocycles. The largest absolute Gasteiger partial charge is 0.339 e. The maximum Gasteiger partial charge on any atom is 0.226 e. The topological polar surface area (TPSA) is 51.0 Å². The van der Waals surface area contributed by atoms with Crippen LogP contribution in [-0.2, 0) is 6.42 Å². The van der Waals surface area contributed by atoms with Gasteiger partial charge in [0.05, 0.1) is 0 Å². The summed E-state index contributed by atoms with van der Waals surface area (Å²) in [7, 11) is 0. The molecule has 19 heavy (non-hydrogen) atoms. The molecule has 0 amide bonds. The molecule has 1 saturated heterocycles. The molecular formula is C15H25N3O. The molecule has 1 aromatic heterocycles. The molecule has 1 aliphatic carbocycles. The third kappa shape index (κ3) is 3.35. The fourth-order valence-electron chi connectivity index (χ4n) is 3.48. The van der Waals surface area contributed by atoms with Crippen LogP contribution in [-0.4, -0.2) is 23.2 Å². The molecule has 2 fully saturated rings. The number of hydrogen-bond donors (Lipinski definition) is 1. The second-order valence-corrected chi connectivity index (χ2v) is 6.39. The lowest BCUT2D eigenvalue weighted by atomic mass is 9.93. The van der Waals surface area contributed by atoms with Crippen LogP contribution in [0.15, 0.2) is 4.52 Å². The summed E-state index contributed by atoms with van der Waals surface area (Å²) in [4.78, 5) is 4.62. The summed E-state index contributed by atoms with van der Waals surface area (Å²) in [6.07, 6.45) is 8.51. The van der Waals surface area contributed by atoms with Gasteiger partial charge in [0.1, 0.15) is 0 Å². The molecule has 106 valence electrons. The van der Waals surface area contributed by atoms with Crippen LogP contribution >= 0.6 is 0 Å². The Hall–Kier alpha value is -0.900. The molecular weight excluding hydrogens is 238 g/mol. The molecule has 2 heterocycles. The second-order valence-electron chi connectivity index (χ2n) is 6.39. The molecule has 0 bridgehead atoms. The van der Waals surface area contributed by atoms with E-state index in [1.807, 2.05) is 0 Å². The Morgan fingerprint density at radius 2 is 2.05 bits per heavy atom. The van der Waals surface area contributed by atoms with E-state index >= 15 is 0 Å². The summed E-state index contributed by atoms with van der Waals surface area (Å²) >= 11 is 0. The third-order valence-corrected chi connectivity index (χ3v) is 4.77. The molecule has 1 saturated carbocycles. The van der Waals surface area contributed by atoms with Crippen LogP contribution in [0.25, 0.3) is 0 Å². The monoisotopic (exact) mass is 263 g/mol. The van der Waals surface area contributed by atoms with Crippen molar-refractivity contribution in [3.8, 4) is 0 Å². The van der Waals surface area contributed by atoms with Crippen LogP contribution in [0.1, 0.15) is 63.1 Å². The average Bonchev–Trinajstić information content (AvgIpc) is 3.06. The smallest absolute Gasteiger partial charge is 0.226 e. The highest BCUT2D eigenvalue weighted by Crippen LogP contribution is 2.36. The first-order chi connectivity index (χ1) is 9.31. The number of nitrogens with one attached hydrogen (secondary N) is 1. The first-order valence-electron chi connectivity index (χ1n) is 7.84. The molecule has 1 N–H and O–H groups in total. The van der Waals surface area contributed by atoms with Gasteiger partial charge in [0, 0.05) is 12.3 Å². The Morgan fingerprint density at radius 3 is 2.79 bits per heavy atom. The minimum absolute atomic E-state index is 0.548. The summed E-state index contributed by atoms with van der Waals surface area (Å²) < 4.78 is 5.43. The summed E-state index contributed by atoms with van der Waals surface area (Å²) in [5.41, 5.74) is 0. The SMILES string of the molecule is CC1CCC(c2noc(CCC3CCNCC3)n2)C1. The molecule has 0 radical (unpaired) electrons. The van der Waals surface area contributed by atoms with E-state index < -0.39 is 0 Å². The normalized spacial score (nSPS) is 28.9. The summed E-state index contributed by atoms with van der Waals surface area (Å²) in [5, 5.41) is 7.60. The lowest BCUT2D eigenvalue weighted by molar-refractivity contribution is 0.322. The fraction of sp³-hybridized carbons (Fsp3) is 0.867. The first kappa shape index (κ1) is 13.1. The van der Waals surface area contributed by atoms with Gasteiger partial charge in [-0.3, -0.25) is 0 Å². The van der Waals surface area contributed by atoms with E-state index in [1.54, 1.807) is 0 Å². The van der Waals surface area contributed by atoms with E-state index in [9.17, 15) is 0 Å². The summed E-state index contributed by atoms with van der Waals surface area (Å²) in [5.74, 6) is 4.02. The maximum atomic E-state index is 5.43. The van der Waals surface area contributed by atoms with Gasteiger partial charge in [0.2, 0.25) is 5.89 Å². The summed E-state index contributed by atoms with van der Waals surface area (Å²) in [6, 6.07) is 0. The van der Waals surface area contributed by atoms with Crippen molar-refractivity contribution in [3.05, 3.63) is 11.7 Å². The molecule has 2 aliphatic rings. The van der Waals surface area contributed by atoms with Gasteiger partial charge in [0.15, 0.2) is 5.82 Å². The van der Waals surface area contributed by atoms with E-state index in [1.165, 1.54) is 51.6 Å². The quantitative estimate of drug-likeness (QED) is 0.907. The zero-order chi connectivity index (χ0) is 13.1. The maximum absolute atomic E-state index is 5.43. The Labute approximate surface area is 115 Å². The Balaban J connectivity index is 1.50. The van der Waals surface area contributed by atoms with Gasteiger partial charge in [-0.2, -0.15) is 4.98 Å². The molecule has 2 atom stereocenters. The van der Waals surface area contributed by atoms with Crippen molar-refractivity contribution in [2.24, 2.45) is 11.8 Å². The van der Waals surface area contributed by atoms with Crippen LogP contribution in [0.3, 0.4) is 0 Å². The van der Waals surface area contributed by atoms with Gasteiger partial charge in [-0.1, -0.05) is 12.1 Å². The molecule has 1 aromatic rings. The van der Waals surface area contributed by atoms with Gasteiger partial charge in [-0.15, -0.1) is 0 Å². The predicted octanol–water partition coefficient (Wildman–Crippen LogP) is 2.91. The zero-order valence-corrected chi connectivity index (χ0v) is 11.9. The molecule has 3 rings (SSSR count). The van der Waals surface area contributed by atoms with Gasteiger partial charge >= 0.3 is 0 Å². The highest BCUT2D eigenvalue weighted by Gasteiger charge is 2.26. The van der Waals surface area contributed by atoms with Crippen molar-refractivity contribution in [1.82, 2.24) is 15.5 Å². The van der Waals surface area contributed by atoms with Crippen LogP contribution in [0.4, 0.5) is 0 Å². The number of rotatable bonds is 4. The number of piperidine rings is 1. The van der Waals surface area contributed by atoms with E-state index in [0.717, 1.165) is 30.0 Å². The van der Waals surface area contributed by atoms with Gasteiger partial charge < -0.3 is 9.84 Å². The van der Waals surface area contributed by atoms with Gasteiger partial charge in [0.25, 0.3) is 0 Å². The highest BCUT2D eigenvalue weighted by molar-refractivity contribution is 4.99. The zero-order valence-electron chi connectivity index (χ0n) is 11.9. The third-order valence-electron chi connectivity index (χ3n) is 4.77. The lowest BCUT2D eigenvalue weighted by Crippen LogP contribution is -2.27.